The van der Waals surface area contributed by atoms with Crippen LogP contribution >= 0.6 is 0 Å². The van der Waals surface area contributed by atoms with Gasteiger partial charge in [-0.1, -0.05) is 36.4 Å². The van der Waals surface area contributed by atoms with Crippen molar-refractivity contribution >= 4 is 5.78 Å². The lowest BCUT2D eigenvalue weighted by Crippen LogP contribution is -2.13. The Kier molecular flexibility index (Phi) is 4.05. The van der Waals surface area contributed by atoms with Crippen molar-refractivity contribution in [3.63, 3.8) is 0 Å². The highest BCUT2D eigenvalue weighted by molar-refractivity contribution is 5.99. The summed E-state index contributed by atoms with van der Waals surface area (Å²) in [5, 5.41) is 0. The van der Waals surface area contributed by atoms with E-state index in [1.165, 1.54) is 16.7 Å². The number of para-hydroxylation sites is 1. The van der Waals surface area contributed by atoms with E-state index < -0.39 is 0 Å². The van der Waals surface area contributed by atoms with Crippen molar-refractivity contribution in [2.75, 3.05) is 6.61 Å². The van der Waals surface area contributed by atoms with Crippen LogP contribution in [0.5, 0.6) is 5.75 Å². The Morgan fingerprint density at radius 1 is 1.14 bits per heavy atom. The number of fused-ring (bicyclic) bond motifs is 1. The Morgan fingerprint density at radius 2 is 2.00 bits per heavy atom. The van der Waals surface area contributed by atoms with Crippen LogP contribution in [0.3, 0.4) is 0 Å². The van der Waals surface area contributed by atoms with Crippen LogP contribution < -0.4 is 4.74 Å². The van der Waals surface area contributed by atoms with Crippen molar-refractivity contribution < 1.29 is 9.53 Å². The average Bonchev–Trinajstić information content (AvgIpc) is 2.53. The Bertz CT molecular complexity index is 658. The number of hydrogen-bond donors (Lipinski definition) is 0. The van der Waals surface area contributed by atoms with Gasteiger partial charge in [0.2, 0.25) is 0 Å². The molecule has 21 heavy (non-hydrogen) atoms. The Morgan fingerprint density at radius 3 is 2.86 bits per heavy atom. The molecule has 0 spiro atoms. The molecule has 0 N–H and O–H groups in total. The summed E-state index contributed by atoms with van der Waals surface area (Å²) < 4.78 is 5.73. The highest BCUT2D eigenvalue weighted by Gasteiger charge is 2.18. The van der Waals surface area contributed by atoms with E-state index in [0.29, 0.717) is 6.42 Å². The second-order valence-electron chi connectivity index (χ2n) is 5.60. The minimum absolute atomic E-state index is 0.178. The molecule has 2 aromatic rings. The van der Waals surface area contributed by atoms with Gasteiger partial charge in [-0.25, -0.2) is 0 Å². The maximum Gasteiger partial charge on any atom is 0.166 e. The summed E-state index contributed by atoms with van der Waals surface area (Å²) in [6, 6.07) is 14.2. The third-order valence-electron chi connectivity index (χ3n) is 4.12. The number of carbonyl (C=O) groups excluding carboxylic acids is 1. The van der Waals surface area contributed by atoms with E-state index >= 15 is 0 Å². The van der Waals surface area contributed by atoms with Crippen LogP contribution in [0.4, 0.5) is 0 Å². The van der Waals surface area contributed by atoms with Gasteiger partial charge in [-0.3, -0.25) is 4.79 Å². The smallest absolute Gasteiger partial charge is 0.166 e. The van der Waals surface area contributed by atoms with Gasteiger partial charge in [-0.2, -0.15) is 0 Å². The molecule has 1 heterocycles. The van der Waals surface area contributed by atoms with Gasteiger partial charge in [-0.05, 0) is 48.9 Å². The van der Waals surface area contributed by atoms with Crippen LogP contribution in [-0.4, -0.2) is 12.4 Å². The van der Waals surface area contributed by atoms with Crippen molar-refractivity contribution in [2.24, 2.45) is 0 Å². The minimum Gasteiger partial charge on any atom is -0.493 e. The lowest BCUT2D eigenvalue weighted by Gasteiger charge is -2.19. The van der Waals surface area contributed by atoms with Crippen LogP contribution in [0.15, 0.2) is 42.5 Å². The lowest BCUT2D eigenvalue weighted by molar-refractivity contribution is 0.0978. The number of rotatable bonds is 4. The zero-order valence-electron chi connectivity index (χ0n) is 12.4. The van der Waals surface area contributed by atoms with Crippen molar-refractivity contribution in [3.8, 4) is 5.75 Å². The van der Waals surface area contributed by atoms with E-state index in [2.05, 4.69) is 25.1 Å². The van der Waals surface area contributed by atoms with Crippen molar-refractivity contribution in [3.05, 3.63) is 64.7 Å². The quantitative estimate of drug-likeness (QED) is 0.787. The molecule has 2 nitrogen and oxygen atoms in total. The second-order valence-corrected chi connectivity index (χ2v) is 5.60. The van der Waals surface area contributed by atoms with Crippen molar-refractivity contribution in [1.29, 1.82) is 0 Å². The summed E-state index contributed by atoms with van der Waals surface area (Å²) in [7, 11) is 0. The zero-order chi connectivity index (χ0) is 14.7. The monoisotopic (exact) mass is 280 g/mol. The molecule has 0 radical (unpaired) electrons. The Balaban J connectivity index is 1.76. The zero-order valence-corrected chi connectivity index (χ0v) is 12.4. The summed E-state index contributed by atoms with van der Waals surface area (Å²) in [5.41, 5.74) is 4.41. The van der Waals surface area contributed by atoms with Gasteiger partial charge in [0.15, 0.2) is 5.78 Å². The highest BCUT2D eigenvalue weighted by Crippen LogP contribution is 2.30. The highest BCUT2D eigenvalue weighted by atomic mass is 16.5. The average molecular weight is 280 g/mol. The van der Waals surface area contributed by atoms with E-state index in [4.69, 9.17) is 4.74 Å². The SMILES string of the molecule is Cc1ccccc1CCC(=O)c1cccc2c1OCCC2. The molecule has 2 heteroatoms. The van der Waals surface area contributed by atoms with Gasteiger partial charge in [-0.15, -0.1) is 0 Å². The van der Waals surface area contributed by atoms with Gasteiger partial charge in [0.25, 0.3) is 0 Å². The molecule has 1 aliphatic heterocycles. The largest absolute Gasteiger partial charge is 0.493 e. The molecule has 0 bridgehead atoms. The predicted octanol–water partition coefficient (Wildman–Crippen LogP) is 4.14. The van der Waals surface area contributed by atoms with Gasteiger partial charge in [0.05, 0.1) is 12.2 Å². The molecule has 0 atom stereocenters. The fraction of sp³-hybridized carbons (Fsp3) is 0.316. The van der Waals surface area contributed by atoms with Crippen LogP contribution in [-0.2, 0) is 12.8 Å². The van der Waals surface area contributed by atoms with Gasteiger partial charge >= 0.3 is 0 Å². The number of aryl methyl sites for hydroxylation is 3. The second kappa shape index (κ2) is 6.13. The Hall–Kier alpha value is -2.09. The van der Waals surface area contributed by atoms with E-state index in [1.807, 2.05) is 24.3 Å². The van der Waals surface area contributed by atoms with Gasteiger partial charge in [0.1, 0.15) is 5.75 Å². The number of benzene rings is 2. The molecule has 1 aliphatic rings. The van der Waals surface area contributed by atoms with Crippen LogP contribution in [0.2, 0.25) is 0 Å². The molecular formula is C19H20O2. The summed E-state index contributed by atoms with van der Waals surface area (Å²) in [5.74, 6) is 0.996. The first-order valence-electron chi connectivity index (χ1n) is 7.58. The number of ketones is 1. The first kappa shape index (κ1) is 13.9. The summed E-state index contributed by atoms with van der Waals surface area (Å²) >= 11 is 0. The standard InChI is InChI=1S/C19H20O2/c1-14-6-2-3-7-15(14)11-12-18(20)17-10-4-8-16-9-5-13-21-19(16)17/h2-4,6-8,10H,5,9,11-13H2,1H3. The number of hydrogen-bond acceptors (Lipinski definition) is 2. The Labute approximate surface area is 125 Å². The molecular weight excluding hydrogens is 260 g/mol. The molecule has 0 saturated carbocycles. The summed E-state index contributed by atoms with van der Waals surface area (Å²) in [6.07, 6.45) is 3.36. The topological polar surface area (TPSA) is 26.3 Å². The maximum atomic E-state index is 12.5. The molecule has 108 valence electrons. The van der Waals surface area contributed by atoms with Gasteiger partial charge in [0, 0.05) is 6.42 Å². The molecule has 3 rings (SSSR count). The van der Waals surface area contributed by atoms with Gasteiger partial charge < -0.3 is 4.74 Å². The van der Waals surface area contributed by atoms with E-state index in [-0.39, 0.29) is 5.78 Å². The van der Waals surface area contributed by atoms with Crippen LogP contribution in [0.1, 0.15) is 39.9 Å². The van der Waals surface area contributed by atoms with Crippen LogP contribution in [0, 0.1) is 6.92 Å². The maximum absolute atomic E-state index is 12.5. The van der Waals surface area contributed by atoms with Crippen LogP contribution in [0.25, 0.3) is 0 Å². The third kappa shape index (κ3) is 2.99. The predicted molar refractivity (Wildman–Crippen MR) is 84.1 cm³/mol. The summed E-state index contributed by atoms with van der Waals surface area (Å²) in [4.78, 5) is 12.5. The van der Waals surface area contributed by atoms with E-state index in [0.717, 1.165) is 37.2 Å². The first-order valence-corrected chi connectivity index (χ1v) is 7.58. The molecule has 2 aromatic carbocycles. The lowest BCUT2D eigenvalue weighted by atomic mass is 9.96. The van der Waals surface area contributed by atoms with E-state index in [1.54, 1.807) is 0 Å². The first-order chi connectivity index (χ1) is 10.3. The molecule has 0 amide bonds. The molecule has 0 saturated heterocycles. The third-order valence-corrected chi connectivity index (χ3v) is 4.12. The fourth-order valence-electron chi connectivity index (χ4n) is 2.88. The number of Topliss-reactive ketones (excluding diaryl/α,β-unsaturated/α-hetero) is 1. The number of ether oxygens (including phenoxy) is 1. The minimum atomic E-state index is 0.178. The normalized spacial score (nSPS) is 13.4. The number of carbonyl (C=O) groups is 1. The molecule has 0 aliphatic carbocycles. The fourth-order valence-corrected chi connectivity index (χ4v) is 2.88. The van der Waals surface area contributed by atoms with Crippen molar-refractivity contribution in [2.45, 2.75) is 32.6 Å². The van der Waals surface area contributed by atoms with Crippen molar-refractivity contribution in [1.82, 2.24) is 0 Å². The molecule has 0 aromatic heterocycles. The molecule has 0 unspecified atom stereocenters. The van der Waals surface area contributed by atoms with E-state index in [9.17, 15) is 4.79 Å². The molecule has 0 fully saturated rings. The summed E-state index contributed by atoms with van der Waals surface area (Å²) in [6.45, 7) is 2.81.